The van der Waals surface area contributed by atoms with Crippen molar-refractivity contribution < 1.29 is 15.0 Å². The van der Waals surface area contributed by atoms with E-state index in [1.807, 2.05) is 0 Å². The molecule has 0 unspecified atom stereocenters. The molecular formula is C38H58O3. The highest BCUT2D eigenvalue weighted by Gasteiger charge is 2.06. The summed E-state index contributed by atoms with van der Waals surface area (Å²) in [6, 6.07) is 15.9. The van der Waals surface area contributed by atoms with Crippen molar-refractivity contribution in [2.45, 2.75) is 120 Å². The number of aliphatic hydroxyl groups excluding tert-OH is 1. The van der Waals surface area contributed by atoms with Gasteiger partial charge in [-0.15, -0.1) is 0 Å². The molecule has 0 aliphatic carbocycles. The molecule has 0 fully saturated rings. The Labute approximate surface area is 251 Å². The fourth-order valence-corrected chi connectivity index (χ4v) is 4.40. The van der Waals surface area contributed by atoms with Gasteiger partial charge in [0.1, 0.15) is 0 Å². The molecule has 0 radical (unpaired) electrons. The molecule has 0 atom stereocenters. The second-order valence-corrected chi connectivity index (χ2v) is 11.3. The van der Waals surface area contributed by atoms with Gasteiger partial charge in [-0.25, -0.2) is 0 Å². The molecule has 2 N–H and O–H groups in total. The summed E-state index contributed by atoms with van der Waals surface area (Å²) in [5.74, 6) is -0.0867. The predicted molar refractivity (Wildman–Crippen MR) is 182 cm³/mol. The second-order valence-electron chi connectivity index (χ2n) is 11.3. The number of carboxylic acids is 1. The van der Waals surface area contributed by atoms with E-state index in [1.54, 1.807) is 0 Å². The van der Waals surface area contributed by atoms with Crippen molar-refractivity contribution in [3.63, 3.8) is 0 Å². The molecule has 3 aromatic carbocycles. The van der Waals surface area contributed by atoms with Gasteiger partial charge in [0.15, 0.2) is 0 Å². The fourth-order valence-electron chi connectivity index (χ4n) is 4.40. The Bertz CT molecular complexity index is 1230. The van der Waals surface area contributed by atoms with E-state index in [-0.39, 0.29) is 0 Å². The van der Waals surface area contributed by atoms with Crippen LogP contribution in [-0.4, -0.2) is 23.3 Å². The molecule has 3 nitrogen and oxygen atoms in total. The van der Waals surface area contributed by atoms with Gasteiger partial charge in [0.25, 0.3) is 0 Å². The summed E-state index contributed by atoms with van der Waals surface area (Å²) in [5, 5.41) is 20.7. The molecule has 0 saturated heterocycles. The van der Waals surface area contributed by atoms with Crippen LogP contribution < -0.4 is 0 Å². The average Bonchev–Trinajstić information content (AvgIpc) is 2.95. The zero-order valence-corrected chi connectivity index (χ0v) is 27.7. The lowest BCUT2D eigenvalue weighted by Gasteiger charge is -2.11. The van der Waals surface area contributed by atoms with Crippen LogP contribution in [0.2, 0.25) is 0 Å². The van der Waals surface area contributed by atoms with E-state index in [9.17, 15) is 4.79 Å². The minimum absolute atomic E-state index is 0.337. The smallest absolute Gasteiger partial charge is 0.303 e. The normalized spacial score (nSPS) is 10.7. The monoisotopic (exact) mass is 562 g/mol. The van der Waals surface area contributed by atoms with Crippen molar-refractivity contribution in [2.75, 3.05) is 7.11 Å². The van der Waals surface area contributed by atoms with Crippen molar-refractivity contribution in [1.29, 1.82) is 0 Å². The summed E-state index contributed by atoms with van der Waals surface area (Å²) >= 11 is 0. The molecule has 0 spiro atoms. The van der Waals surface area contributed by atoms with E-state index in [0.717, 1.165) is 20.0 Å². The maximum Gasteiger partial charge on any atom is 0.303 e. The Morgan fingerprint density at radius 2 is 1.44 bits per heavy atom. The van der Waals surface area contributed by atoms with Crippen LogP contribution >= 0.6 is 0 Å². The zero-order valence-electron chi connectivity index (χ0n) is 27.7. The first-order valence-corrected chi connectivity index (χ1v) is 15.4. The first-order valence-electron chi connectivity index (χ1n) is 15.4. The summed E-state index contributed by atoms with van der Waals surface area (Å²) in [4.78, 5) is 10.0. The van der Waals surface area contributed by atoms with E-state index in [4.69, 9.17) is 10.2 Å². The molecule has 0 aliphatic rings. The highest BCUT2D eigenvalue weighted by Crippen LogP contribution is 2.30. The fraction of sp³-hybridized carbons (Fsp3) is 0.500. The van der Waals surface area contributed by atoms with Crippen molar-refractivity contribution in [1.82, 2.24) is 0 Å². The number of aryl methyl sites for hydroxylation is 2. The summed E-state index contributed by atoms with van der Waals surface area (Å²) in [6.07, 6.45) is 12.8. The van der Waals surface area contributed by atoms with Crippen molar-refractivity contribution >= 4 is 27.5 Å². The van der Waals surface area contributed by atoms with Gasteiger partial charge in [-0.1, -0.05) is 112 Å². The molecule has 0 aliphatic heterocycles. The van der Waals surface area contributed by atoms with Gasteiger partial charge in [-0.3, -0.25) is 4.79 Å². The lowest BCUT2D eigenvalue weighted by molar-refractivity contribution is -0.137. The van der Waals surface area contributed by atoms with Crippen molar-refractivity contribution in [3.8, 4) is 0 Å². The van der Waals surface area contributed by atoms with Gasteiger partial charge in [0, 0.05) is 13.5 Å². The number of fused-ring (bicyclic) bond motifs is 3. The van der Waals surface area contributed by atoms with Crippen LogP contribution in [0.5, 0.6) is 0 Å². The van der Waals surface area contributed by atoms with Gasteiger partial charge < -0.3 is 10.2 Å². The van der Waals surface area contributed by atoms with Gasteiger partial charge in [0.05, 0.1) is 0 Å². The number of aliphatic carboxylic acids is 1. The lowest BCUT2D eigenvalue weighted by Crippen LogP contribution is -1.93. The molecule has 3 rings (SSSR count). The number of rotatable bonds is 10. The Morgan fingerprint density at radius 1 is 0.829 bits per heavy atom. The quantitative estimate of drug-likeness (QED) is 0.147. The Kier molecular flexibility index (Phi) is 20.2. The highest BCUT2D eigenvalue weighted by molar-refractivity contribution is 6.08. The van der Waals surface area contributed by atoms with Crippen molar-refractivity contribution in [3.05, 3.63) is 82.5 Å². The summed E-state index contributed by atoms with van der Waals surface area (Å²) in [6.45, 7) is 19.6. The Balaban J connectivity index is 0.000000624. The maximum atomic E-state index is 10.0. The number of unbranched alkanes of at least 4 members (excludes halogenated alkanes) is 4. The number of aliphatic hydroxyl groups is 1. The Hall–Kier alpha value is -2.91. The molecule has 0 amide bonds. The van der Waals surface area contributed by atoms with Crippen LogP contribution in [0.4, 0.5) is 0 Å². The topological polar surface area (TPSA) is 57.5 Å². The van der Waals surface area contributed by atoms with E-state index in [1.165, 1.54) is 81.5 Å². The highest BCUT2D eigenvalue weighted by atomic mass is 16.4. The van der Waals surface area contributed by atoms with Crippen molar-refractivity contribution in [2.24, 2.45) is 0 Å². The van der Waals surface area contributed by atoms with E-state index >= 15 is 0 Å². The Morgan fingerprint density at radius 3 is 2.00 bits per heavy atom. The predicted octanol–water partition coefficient (Wildman–Crippen LogP) is 11.5. The van der Waals surface area contributed by atoms with Crippen LogP contribution in [0.15, 0.2) is 65.8 Å². The molecule has 41 heavy (non-hydrogen) atoms. The number of carbonyl (C=O) groups is 1. The van der Waals surface area contributed by atoms with Gasteiger partial charge in [-0.05, 0) is 105 Å². The molecule has 228 valence electrons. The molecule has 0 aromatic heterocycles. The third kappa shape index (κ3) is 15.0. The minimum atomic E-state index is -0.670. The van der Waals surface area contributed by atoms with Crippen LogP contribution in [0.25, 0.3) is 21.5 Å². The van der Waals surface area contributed by atoms with Gasteiger partial charge in [0.2, 0.25) is 0 Å². The van der Waals surface area contributed by atoms with Gasteiger partial charge in [-0.2, -0.15) is 0 Å². The molecule has 3 heteroatoms. The first kappa shape index (κ1) is 38.1. The average molecular weight is 563 g/mol. The zero-order chi connectivity index (χ0) is 31.4. The minimum Gasteiger partial charge on any atom is -0.481 e. The number of hydrogen-bond acceptors (Lipinski definition) is 2. The maximum absolute atomic E-state index is 10.0. The summed E-state index contributed by atoms with van der Waals surface area (Å²) in [7, 11) is 1.00. The second kappa shape index (κ2) is 21.8. The molecule has 0 bridgehead atoms. The number of carboxylic acid groups (broad SMARTS) is 1. The lowest BCUT2D eigenvalue weighted by atomic mass is 9.93. The SMILES string of the molecule is C/C=C(\C)CCC=C(C)C.CCCCCCCC(=O)O.CO.Cc1ccc2c(ccc3cc(C(C)C)ccc32)c1C. The summed E-state index contributed by atoms with van der Waals surface area (Å²) in [5.41, 5.74) is 7.08. The van der Waals surface area contributed by atoms with E-state index in [2.05, 4.69) is 117 Å². The molecule has 0 saturated carbocycles. The summed E-state index contributed by atoms with van der Waals surface area (Å²) < 4.78 is 0. The number of hydrogen-bond donors (Lipinski definition) is 2. The van der Waals surface area contributed by atoms with Crippen LogP contribution in [0.1, 0.15) is 122 Å². The third-order valence-corrected chi connectivity index (χ3v) is 7.33. The number of benzene rings is 3. The van der Waals surface area contributed by atoms with Gasteiger partial charge >= 0.3 is 5.97 Å². The van der Waals surface area contributed by atoms with Crippen LogP contribution in [0, 0.1) is 13.8 Å². The number of allylic oxidation sites excluding steroid dienone is 4. The molecular weight excluding hydrogens is 504 g/mol. The molecule has 0 heterocycles. The first-order chi connectivity index (χ1) is 19.5. The standard InChI is InChI=1S/C19H20.C10H18.C8H16O2.CH4O/c1-12(2)15-6-10-18-16(11-15)7-9-17-14(4)13(3)5-8-19(17)18;1-5-10(4)8-6-7-9(2)3;1-2-3-4-5-6-7-8(9)10;1-2/h5-12H,1-4H3;5,7H,6,8H2,1-4H3;2-7H2,1H3,(H,9,10);2H,1H3/b;10-5+;;. The third-order valence-electron chi connectivity index (χ3n) is 7.33. The van der Waals surface area contributed by atoms with E-state index < -0.39 is 5.97 Å². The van der Waals surface area contributed by atoms with Crippen LogP contribution in [0.3, 0.4) is 0 Å². The largest absolute Gasteiger partial charge is 0.481 e. The van der Waals surface area contributed by atoms with E-state index in [0.29, 0.717) is 12.3 Å². The molecule has 3 aromatic rings. The van der Waals surface area contributed by atoms with Crippen LogP contribution in [-0.2, 0) is 4.79 Å².